The lowest BCUT2D eigenvalue weighted by Crippen LogP contribution is -2.49. The highest BCUT2D eigenvalue weighted by atomic mass is 32.1. The fourth-order valence-corrected chi connectivity index (χ4v) is 5.28. The first-order chi connectivity index (χ1) is 16.5. The Morgan fingerprint density at radius 1 is 1.24 bits per heavy atom. The van der Waals surface area contributed by atoms with Gasteiger partial charge in [-0.05, 0) is 73.0 Å². The Bertz CT molecular complexity index is 1140. The van der Waals surface area contributed by atoms with Gasteiger partial charge in [0.05, 0.1) is 0 Å². The van der Waals surface area contributed by atoms with Crippen molar-refractivity contribution in [2.45, 2.75) is 59.2 Å². The second kappa shape index (κ2) is 10.8. The van der Waals surface area contributed by atoms with E-state index >= 15 is 0 Å². The molecule has 0 fully saturated rings. The van der Waals surface area contributed by atoms with Crippen LogP contribution in [0, 0.1) is 13.8 Å². The van der Waals surface area contributed by atoms with Gasteiger partial charge in [0, 0.05) is 41.5 Å². The van der Waals surface area contributed by atoms with Crippen LogP contribution in [0.2, 0.25) is 0 Å². The third kappa shape index (κ3) is 5.47. The number of carbonyl (C=O) groups excluding carboxylic acids is 2. The number of hydrogen-bond acceptors (Lipinski definition) is 5. The highest BCUT2D eigenvalue weighted by molar-refractivity contribution is 7.10. The van der Waals surface area contributed by atoms with Crippen LogP contribution in [0.1, 0.15) is 57.3 Å². The molecule has 6 nitrogen and oxygen atoms in total. The number of rotatable bonds is 8. The standard InChI is InChI=1S/C27H31N3O3S/c1-4-6-23(27(32)30-11-8-24-21(16-30)9-12-34-24)29-26(31)22-13-18(2)25(19(3)14-22)33-17-20-7-5-10-28-15-20/h5,7,9-10,12-15,23H,4,6,8,11,16-17H2,1-3H3,(H,29,31). The van der Waals surface area contributed by atoms with Gasteiger partial charge in [0.1, 0.15) is 18.4 Å². The minimum absolute atomic E-state index is 0.00285. The topological polar surface area (TPSA) is 71.5 Å². The number of aryl methyl sites for hydroxylation is 2. The van der Waals surface area contributed by atoms with Gasteiger partial charge in [-0.1, -0.05) is 19.4 Å². The van der Waals surface area contributed by atoms with E-state index < -0.39 is 6.04 Å². The number of hydrogen-bond donors (Lipinski definition) is 1. The fraction of sp³-hybridized carbons (Fsp3) is 0.370. The number of fused-ring (bicyclic) bond motifs is 1. The number of pyridine rings is 1. The van der Waals surface area contributed by atoms with Crippen molar-refractivity contribution in [2.75, 3.05) is 6.54 Å². The molecule has 2 amide bonds. The number of amides is 2. The van der Waals surface area contributed by atoms with Gasteiger partial charge >= 0.3 is 0 Å². The number of aromatic nitrogens is 1. The third-order valence-corrected chi connectivity index (χ3v) is 7.15. The zero-order valence-corrected chi connectivity index (χ0v) is 20.8. The van der Waals surface area contributed by atoms with Crippen LogP contribution in [0.5, 0.6) is 5.75 Å². The SMILES string of the molecule is CCCC(NC(=O)c1cc(C)c(OCc2cccnc2)c(C)c1)C(=O)N1CCc2sccc2C1. The van der Waals surface area contributed by atoms with E-state index in [0.717, 1.165) is 35.3 Å². The van der Waals surface area contributed by atoms with Crippen LogP contribution in [0.25, 0.3) is 0 Å². The molecule has 0 spiro atoms. The minimum atomic E-state index is -0.528. The molecular weight excluding hydrogens is 446 g/mol. The number of carbonyl (C=O) groups is 2. The number of nitrogens with one attached hydrogen (secondary N) is 1. The Kier molecular flexibility index (Phi) is 7.63. The van der Waals surface area contributed by atoms with Crippen LogP contribution in [-0.4, -0.2) is 34.3 Å². The predicted octanol–water partition coefficient (Wildman–Crippen LogP) is 4.82. The lowest BCUT2D eigenvalue weighted by Gasteiger charge is -2.31. The molecule has 1 aromatic carbocycles. The number of ether oxygens (including phenoxy) is 1. The van der Waals surface area contributed by atoms with Gasteiger partial charge in [-0.3, -0.25) is 14.6 Å². The van der Waals surface area contributed by atoms with Gasteiger partial charge in [0.2, 0.25) is 5.91 Å². The van der Waals surface area contributed by atoms with Crippen LogP contribution < -0.4 is 10.1 Å². The Hall–Kier alpha value is -3.19. The smallest absolute Gasteiger partial charge is 0.251 e. The number of nitrogens with zero attached hydrogens (tertiary/aromatic N) is 2. The highest BCUT2D eigenvalue weighted by Gasteiger charge is 2.29. The minimum Gasteiger partial charge on any atom is -0.488 e. The van der Waals surface area contributed by atoms with Gasteiger partial charge in [0.15, 0.2) is 0 Å². The second-order valence-corrected chi connectivity index (χ2v) is 9.78. The highest BCUT2D eigenvalue weighted by Crippen LogP contribution is 2.27. The average molecular weight is 478 g/mol. The molecule has 2 aromatic heterocycles. The number of benzene rings is 1. The number of thiophene rings is 1. The van der Waals surface area contributed by atoms with Gasteiger partial charge in [0.25, 0.3) is 5.91 Å². The summed E-state index contributed by atoms with van der Waals surface area (Å²) in [4.78, 5) is 33.8. The molecule has 3 aromatic rings. The molecule has 34 heavy (non-hydrogen) atoms. The van der Waals surface area contributed by atoms with Crippen molar-refractivity contribution < 1.29 is 14.3 Å². The maximum absolute atomic E-state index is 13.3. The normalized spacial score (nSPS) is 13.8. The molecule has 0 radical (unpaired) electrons. The predicted molar refractivity (Wildman–Crippen MR) is 134 cm³/mol. The van der Waals surface area contributed by atoms with E-state index in [1.807, 2.05) is 49.9 Å². The molecule has 178 valence electrons. The summed E-state index contributed by atoms with van der Waals surface area (Å²) < 4.78 is 6.02. The Morgan fingerprint density at radius 3 is 2.74 bits per heavy atom. The van der Waals surface area contributed by atoms with E-state index in [-0.39, 0.29) is 11.8 Å². The van der Waals surface area contributed by atoms with Crippen molar-refractivity contribution >= 4 is 23.2 Å². The Balaban J connectivity index is 1.44. The Morgan fingerprint density at radius 2 is 2.03 bits per heavy atom. The summed E-state index contributed by atoms with van der Waals surface area (Å²) in [5.41, 5.74) is 4.51. The molecule has 3 heterocycles. The van der Waals surface area contributed by atoms with E-state index in [0.29, 0.717) is 31.7 Å². The monoisotopic (exact) mass is 477 g/mol. The van der Waals surface area contributed by atoms with Crippen molar-refractivity contribution in [2.24, 2.45) is 0 Å². The summed E-state index contributed by atoms with van der Waals surface area (Å²) in [6.07, 6.45) is 5.81. The summed E-state index contributed by atoms with van der Waals surface area (Å²) in [6.45, 7) is 7.63. The van der Waals surface area contributed by atoms with E-state index in [1.54, 1.807) is 23.7 Å². The summed E-state index contributed by atoms with van der Waals surface area (Å²) in [6, 6.07) is 9.06. The van der Waals surface area contributed by atoms with Crippen LogP contribution in [0.4, 0.5) is 0 Å². The molecule has 1 N–H and O–H groups in total. The summed E-state index contributed by atoms with van der Waals surface area (Å²) in [7, 11) is 0. The van der Waals surface area contributed by atoms with Crippen molar-refractivity contribution in [3.05, 3.63) is 80.8 Å². The molecule has 0 aliphatic carbocycles. The zero-order chi connectivity index (χ0) is 24.1. The fourth-order valence-electron chi connectivity index (χ4n) is 4.39. The van der Waals surface area contributed by atoms with Crippen molar-refractivity contribution in [1.82, 2.24) is 15.2 Å². The molecule has 7 heteroatoms. The maximum Gasteiger partial charge on any atom is 0.251 e. The molecule has 1 atom stereocenters. The Labute approximate surface area is 205 Å². The largest absolute Gasteiger partial charge is 0.488 e. The molecule has 1 unspecified atom stereocenters. The van der Waals surface area contributed by atoms with Gasteiger partial charge in [-0.2, -0.15) is 0 Å². The third-order valence-electron chi connectivity index (χ3n) is 6.13. The van der Waals surface area contributed by atoms with Crippen molar-refractivity contribution in [3.8, 4) is 5.75 Å². The molecular formula is C27H31N3O3S. The molecule has 0 bridgehead atoms. The van der Waals surface area contributed by atoms with Crippen LogP contribution in [0.15, 0.2) is 48.1 Å². The van der Waals surface area contributed by atoms with Gasteiger partial charge in [-0.25, -0.2) is 0 Å². The zero-order valence-electron chi connectivity index (χ0n) is 20.0. The molecule has 1 aliphatic rings. The second-order valence-electron chi connectivity index (χ2n) is 8.78. The molecule has 1 aliphatic heterocycles. The first-order valence-corrected chi connectivity index (χ1v) is 12.6. The van der Waals surface area contributed by atoms with E-state index in [9.17, 15) is 9.59 Å². The summed E-state index contributed by atoms with van der Waals surface area (Å²) >= 11 is 1.75. The first kappa shape index (κ1) is 24.0. The van der Waals surface area contributed by atoms with Crippen LogP contribution in [0.3, 0.4) is 0 Å². The molecule has 4 rings (SSSR count). The van der Waals surface area contributed by atoms with E-state index in [4.69, 9.17) is 4.74 Å². The quantitative estimate of drug-likeness (QED) is 0.505. The average Bonchev–Trinajstić information content (AvgIpc) is 3.31. The van der Waals surface area contributed by atoms with Gasteiger partial charge in [-0.15, -0.1) is 11.3 Å². The summed E-state index contributed by atoms with van der Waals surface area (Å²) in [5, 5.41) is 5.09. The van der Waals surface area contributed by atoms with Gasteiger partial charge < -0.3 is 15.0 Å². The molecule has 0 saturated heterocycles. The van der Waals surface area contributed by atoms with Crippen molar-refractivity contribution in [1.29, 1.82) is 0 Å². The lowest BCUT2D eigenvalue weighted by molar-refractivity contribution is -0.134. The van der Waals surface area contributed by atoms with E-state index in [2.05, 4.69) is 21.7 Å². The maximum atomic E-state index is 13.3. The first-order valence-electron chi connectivity index (χ1n) is 11.7. The van der Waals surface area contributed by atoms with Crippen LogP contribution >= 0.6 is 11.3 Å². The summed E-state index contributed by atoms with van der Waals surface area (Å²) in [5.74, 6) is 0.531. The van der Waals surface area contributed by atoms with Crippen LogP contribution in [-0.2, 0) is 24.4 Å². The lowest BCUT2D eigenvalue weighted by atomic mass is 10.0. The molecule has 0 saturated carbocycles. The van der Waals surface area contributed by atoms with Crippen molar-refractivity contribution in [3.63, 3.8) is 0 Å². The van der Waals surface area contributed by atoms with E-state index in [1.165, 1.54) is 10.4 Å².